The quantitative estimate of drug-likeness (QED) is 0.428. The van der Waals surface area contributed by atoms with Crippen molar-refractivity contribution in [3.05, 3.63) is 65.7 Å². The van der Waals surface area contributed by atoms with E-state index in [4.69, 9.17) is 23.2 Å². The van der Waals surface area contributed by atoms with Gasteiger partial charge in [-0.05, 0) is 46.9 Å². The fourth-order valence-corrected chi connectivity index (χ4v) is 2.62. The van der Waals surface area contributed by atoms with Crippen LogP contribution in [-0.4, -0.2) is 10.8 Å². The minimum absolute atomic E-state index is 0.0644. The summed E-state index contributed by atoms with van der Waals surface area (Å²) in [7, 11) is 0. The molecule has 2 aromatic carbocycles. The average molecular weight is 437 g/mol. The number of rotatable bonds is 3. The molecule has 0 atom stereocenters. The maximum Gasteiger partial charge on any atom is 0.270 e. The summed E-state index contributed by atoms with van der Waals surface area (Å²) >= 11 is 13.5. The van der Waals surface area contributed by atoms with Gasteiger partial charge in [-0.3, -0.25) is 14.9 Å². The molecule has 0 saturated heterocycles. The number of anilines is 1. The molecule has 0 saturated carbocycles. The molecule has 0 fully saturated rings. The van der Waals surface area contributed by atoms with Crippen molar-refractivity contribution in [1.82, 2.24) is 0 Å². The van der Waals surface area contributed by atoms with E-state index in [1.165, 1.54) is 24.3 Å². The van der Waals surface area contributed by atoms with Gasteiger partial charge in [-0.25, -0.2) is 0 Å². The highest BCUT2D eigenvalue weighted by atomic mass is 127. The second-order valence-electron chi connectivity index (χ2n) is 4.00. The zero-order chi connectivity index (χ0) is 15.6. The van der Waals surface area contributed by atoms with Gasteiger partial charge in [0.15, 0.2) is 0 Å². The predicted octanol–water partition coefficient (Wildman–Crippen LogP) is 4.76. The third-order valence-corrected chi connectivity index (χ3v) is 4.22. The topological polar surface area (TPSA) is 72.2 Å². The van der Waals surface area contributed by atoms with Crippen LogP contribution in [0.3, 0.4) is 0 Å². The van der Waals surface area contributed by atoms with E-state index in [-0.39, 0.29) is 11.6 Å². The van der Waals surface area contributed by atoms with Crippen LogP contribution in [0.15, 0.2) is 36.4 Å². The van der Waals surface area contributed by atoms with Crippen molar-refractivity contribution in [3.8, 4) is 0 Å². The molecule has 1 N–H and O–H groups in total. The molecule has 2 aromatic rings. The summed E-state index contributed by atoms with van der Waals surface area (Å²) in [6, 6.07) is 8.74. The molecular weight excluding hydrogens is 430 g/mol. The van der Waals surface area contributed by atoms with Crippen molar-refractivity contribution in [2.75, 3.05) is 5.32 Å². The maximum atomic E-state index is 12.2. The van der Waals surface area contributed by atoms with E-state index in [9.17, 15) is 14.9 Å². The first kappa shape index (κ1) is 16.0. The molecule has 0 aliphatic rings. The van der Waals surface area contributed by atoms with Gasteiger partial charge in [-0.1, -0.05) is 23.2 Å². The molecule has 0 aliphatic carbocycles. The number of benzene rings is 2. The molecule has 1 amide bonds. The monoisotopic (exact) mass is 436 g/mol. The van der Waals surface area contributed by atoms with Crippen LogP contribution >= 0.6 is 45.8 Å². The third kappa shape index (κ3) is 3.84. The molecule has 0 radical (unpaired) electrons. The Morgan fingerprint density at radius 1 is 1.14 bits per heavy atom. The molecule has 0 aliphatic heterocycles. The van der Waals surface area contributed by atoms with Crippen LogP contribution in [0.4, 0.5) is 11.4 Å². The average Bonchev–Trinajstić information content (AvgIpc) is 2.42. The van der Waals surface area contributed by atoms with E-state index in [1.54, 1.807) is 12.1 Å². The van der Waals surface area contributed by atoms with Crippen LogP contribution in [0.25, 0.3) is 0 Å². The van der Waals surface area contributed by atoms with Crippen molar-refractivity contribution in [1.29, 1.82) is 0 Å². The second kappa shape index (κ2) is 6.59. The number of amides is 1. The first-order chi connectivity index (χ1) is 9.88. The SMILES string of the molecule is O=C(Nc1ccc(Cl)c(Cl)c1)c1ccc([N+](=O)[O-])cc1I. The zero-order valence-corrected chi connectivity index (χ0v) is 13.9. The smallest absolute Gasteiger partial charge is 0.270 e. The first-order valence-electron chi connectivity index (χ1n) is 5.59. The van der Waals surface area contributed by atoms with Gasteiger partial charge in [0.05, 0.1) is 20.5 Å². The highest BCUT2D eigenvalue weighted by molar-refractivity contribution is 14.1. The normalized spacial score (nSPS) is 10.2. The summed E-state index contributed by atoms with van der Waals surface area (Å²) in [5, 5.41) is 14.0. The highest BCUT2D eigenvalue weighted by Gasteiger charge is 2.15. The molecular formula is C13H7Cl2IN2O3. The molecule has 8 heteroatoms. The fraction of sp³-hybridized carbons (Fsp3) is 0. The van der Waals surface area contributed by atoms with Crippen LogP contribution < -0.4 is 5.32 Å². The summed E-state index contributed by atoms with van der Waals surface area (Å²) in [5.41, 5.74) is 0.765. The number of halogens is 3. The molecule has 5 nitrogen and oxygen atoms in total. The van der Waals surface area contributed by atoms with Crippen molar-refractivity contribution in [2.24, 2.45) is 0 Å². The predicted molar refractivity (Wildman–Crippen MR) is 90.2 cm³/mol. The van der Waals surface area contributed by atoms with Crippen LogP contribution in [-0.2, 0) is 0 Å². The number of nitro groups is 1. The summed E-state index contributed by atoms with van der Waals surface area (Å²) in [6.07, 6.45) is 0. The van der Waals surface area contributed by atoms with Crippen molar-refractivity contribution >= 4 is 63.1 Å². The number of carbonyl (C=O) groups is 1. The number of hydrogen-bond acceptors (Lipinski definition) is 3. The largest absolute Gasteiger partial charge is 0.322 e. The van der Waals surface area contributed by atoms with Crippen LogP contribution in [0.2, 0.25) is 10.0 Å². The van der Waals surface area contributed by atoms with Gasteiger partial charge in [0.1, 0.15) is 0 Å². The van der Waals surface area contributed by atoms with Crippen molar-refractivity contribution in [2.45, 2.75) is 0 Å². The van der Waals surface area contributed by atoms with Crippen LogP contribution in [0, 0.1) is 13.7 Å². The molecule has 0 spiro atoms. The number of non-ortho nitro benzene ring substituents is 1. The van der Waals surface area contributed by atoms with Gasteiger partial charge >= 0.3 is 0 Å². The van der Waals surface area contributed by atoms with E-state index >= 15 is 0 Å². The van der Waals surface area contributed by atoms with E-state index < -0.39 is 4.92 Å². The Morgan fingerprint density at radius 3 is 2.43 bits per heavy atom. The molecule has 108 valence electrons. The Labute approximate surface area is 143 Å². The summed E-state index contributed by atoms with van der Waals surface area (Å²) in [5.74, 6) is -0.382. The van der Waals surface area contributed by atoms with Crippen LogP contribution in [0.1, 0.15) is 10.4 Å². The van der Waals surface area contributed by atoms with Gasteiger partial charge in [-0.15, -0.1) is 0 Å². The summed E-state index contributed by atoms with van der Waals surface area (Å²) in [4.78, 5) is 22.3. The number of carbonyl (C=O) groups excluding carboxylic acids is 1. The summed E-state index contributed by atoms with van der Waals surface area (Å²) in [6.45, 7) is 0. The van der Waals surface area contributed by atoms with Gasteiger partial charge in [0.2, 0.25) is 0 Å². The minimum Gasteiger partial charge on any atom is -0.322 e. The lowest BCUT2D eigenvalue weighted by Crippen LogP contribution is -2.13. The number of hydrogen-bond donors (Lipinski definition) is 1. The third-order valence-electron chi connectivity index (χ3n) is 2.59. The Kier molecular flexibility index (Phi) is 5.02. The zero-order valence-electron chi connectivity index (χ0n) is 10.3. The molecule has 0 bridgehead atoms. The van der Waals surface area contributed by atoms with E-state index in [2.05, 4.69) is 5.32 Å². The second-order valence-corrected chi connectivity index (χ2v) is 5.98. The van der Waals surface area contributed by atoms with Crippen molar-refractivity contribution < 1.29 is 9.72 Å². The van der Waals surface area contributed by atoms with Gasteiger partial charge in [-0.2, -0.15) is 0 Å². The van der Waals surface area contributed by atoms with E-state index in [0.29, 0.717) is 24.9 Å². The summed E-state index contributed by atoms with van der Waals surface area (Å²) < 4.78 is 0.486. The van der Waals surface area contributed by atoms with Gasteiger partial charge < -0.3 is 5.32 Å². The molecule has 0 unspecified atom stereocenters. The molecule has 21 heavy (non-hydrogen) atoms. The fourth-order valence-electron chi connectivity index (χ4n) is 1.57. The van der Waals surface area contributed by atoms with E-state index in [0.717, 1.165) is 0 Å². The van der Waals surface area contributed by atoms with Crippen molar-refractivity contribution in [3.63, 3.8) is 0 Å². The Morgan fingerprint density at radius 2 is 1.86 bits per heavy atom. The number of nitrogens with one attached hydrogen (secondary N) is 1. The van der Waals surface area contributed by atoms with Crippen LogP contribution in [0.5, 0.6) is 0 Å². The molecule has 2 rings (SSSR count). The minimum atomic E-state index is -0.511. The lowest BCUT2D eigenvalue weighted by Gasteiger charge is -2.07. The Balaban J connectivity index is 2.24. The molecule has 0 aromatic heterocycles. The van der Waals surface area contributed by atoms with Gasteiger partial charge in [0, 0.05) is 21.4 Å². The highest BCUT2D eigenvalue weighted by Crippen LogP contribution is 2.26. The first-order valence-corrected chi connectivity index (χ1v) is 7.42. The number of nitro benzene ring substituents is 1. The Bertz CT molecular complexity index is 737. The standard InChI is InChI=1S/C13H7Cl2IN2O3/c14-10-4-1-7(5-11(10)15)17-13(19)9-3-2-8(18(20)21)6-12(9)16/h1-6H,(H,17,19). The maximum absolute atomic E-state index is 12.2. The lowest BCUT2D eigenvalue weighted by molar-refractivity contribution is -0.384. The Hall–Kier alpha value is -1.38. The van der Waals surface area contributed by atoms with E-state index in [1.807, 2.05) is 22.6 Å². The lowest BCUT2D eigenvalue weighted by atomic mass is 10.2. The number of nitrogens with zero attached hydrogens (tertiary/aromatic N) is 1. The molecule has 0 heterocycles. The van der Waals surface area contributed by atoms with Gasteiger partial charge in [0.25, 0.3) is 11.6 Å².